The normalized spacial score (nSPS) is 11.3. The topological polar surface area (TPSA) is 97.3 Å². The number of ether oxygens (including phenoxy) is 2. The summed E-state index contributed by atoms with van der Waals surface area (Å²) in [5.41, 5.74) is 1.51. The molecule has 0 saturated carbocycles. The Morgan fingerprint density at radius 1 is 1.10 bits per heavy atom. The van der Waals surface area contributed by atoms with E-state index in [1.807, 2.05) is 30.5 Å². The van der Waals surface area contributed by atoms with Crippen LogP contribution in [0.5, 0.6) is 11.5 Å². The summed E-state index contributed by atoms with van der Waals surface area (Å²) < 4.78 is 10.5. The van der Waals surface area contributed by atoms with E-state index in [1.165, 1.54) is 0 Å². The molecule has 3 rings (SSSR count). The third-order valence-electron chi connectivity index (χ3n) is 3.92. The van der Waals surface area contributed by atoms with E-state index < -0.39 is 5.97 Å². The summed E-state index contributed by atoms with van der Waals surface area (Å²) in [6, 6.07) is 13.0. The van der Waals surface area contributed by atoms with Crippen LogP contribution in [-0.4, -0.2) is 46.7 Å². The maximum Gasteiger partial charge on any atom is 0.342 e. The van der Waals surface area contributed by atoms with E-state index in [4.69, 9.17) is 9.47 Å². The van der Waals surface area contributed by atoms with E-state index in [2.05, 4.69) is 15.2 Å². The van der Waals surface area contributed by atoms with Crippen molar-refractivity contribution in [3.63, 3.8) is 0 Å². The first-order valence-corrected chi connectivity index (χ1v) is 10.5. The number of nitrogens with one attached hydrogen (secondary N) is 1. The zero-order chi connectivity index (χ0) is 20.8. The SMILES string of the molecule is COc1cc(OC)cc(-c2nc(S/C(=C\c3ccc(SC)cc3)C(=O)O)n[nH]2)c1. The number of carboxylic acid groups (broad SMARTS) is 1. The van der Waals surface area contributed by atoms with Gasteiger partial charge in [-0.25, -0.2) is 9.78 Å². The number of carbonyl (C=O) groups is 1. The summed E-state index contributed by atoms with van der Waals surface area (Å²) >= 11 is 2.60. The van der Waals surface area contributed by atoms with E-state index in [9.17, 15) is 9.90 Å². The van der Waals surface area contributed by atoms with Gasteiger partial charge in [-0.05, 0) is 53.9 Å². The number of H-pyrrole nitrogens is 1. The van der Waals surface area contributed by atoms with Crippen LogP contribution in [0.25, 0.3) is 17.5 Å². The molecule has 2 aromatic carbocycles. The Hall–Kier alpha value is -2.91. The molecule has 1 aromatic heterocycles. The van der Waals surface area contributed by atoms with E-state index >= 15 is 0 Å². The molecule has 0 aliphatic carbocycles. The number of thioether (sulfide) groups is 2. The second kappa shape index (κ2) is 9.53. The maximum atomic E-state index is 11.7. The molecule has 0 spiro atoms. The number of rotatable bonds is 8. The van der Waals surface area contributed by atoms with Gasteiger partial charge in [0.15, 0.2) is 5.82 Å². The number of hydrogen-bond acceptors (Lipinski definition) is 7. The van der Waals surface area contributed by atoms with Crippen LogP contribution in [0.15, 0.2) is 57.4 Å². The molecule has 2 N–H and O–H groups in total. The summed E-state index contributed by atoms with van der Waals surface area (Å²) in [5, 5.41) is 16.8. The molecule has 0 aliphatic rings. The highest BCUT2D eigenvalue weighted by Gasteiger charge is 2.15. The summed E-state index contributed by atoms with van der Waals surface area (Å²) in [6.45, 7) is 0. The van der Waals surface area contributed by atoms with E-state index in [0.29, 0.717) is 28.0 Å². The molecule has 29 heavy (non-hydrogen) atoms. The van der Waals surface area contributed by atoms with Crippen molar-refractivity contribution < 1.29 is 19.4 Å². The first kappa shape index (κ1) is 20.8. The van der Waals surface area contributed by atoms with Crippen molar-refractivity contribution in [1.29, 1.82) is 0 Å². The summed E-state index contributed by atoms with van der Waals surface area (Å²) in [7, 11) is 3.13. The maximum absolute atomic E-state index is 11.7. The van der Waals surface area contributed by atoms with Gasteiger partial charge in [-0.15, -0.1) is 16.9 Å². The zero-order valence-electron chi connectivity index (χ0n) is 16.0. The lowest BCUT2D eigenvalue weighted by Gasteiger charge is -2.06. The Bertz CT molecular complexity index is 1010. The average molecular weight is 430 g/mol. The van der Waals surface area contributed by atoms with Gasteiger partial charge in [0.2, 0.25) is 5.16 Å². The molecule has 0 aliphatic heterocycles. The van der Waals surface area contributed by atoms with Crippen LogP contribution >= 0.6 is 23.5 Å². The Labute approximate surface area is 176 Å². The van der Waals surface area contributed by atoms with Crippen LogP contribution in [0.2, 0.25) is 0 Å². The van der Waals surface area contributed by atoms with Gasteiger partial charge in [0.25, 0.3) is 0 Å². The van der Waals surface area contributed by atoms with Gasteiger partial charge in [0.05, 0.1) is 14.2 Å². The number of hydrogen-bond donors (Lipinski definition) is 2. The van der Waals surface area contributed by atoms with Crippen molar-refractivity contribution >= 4 is 35.6 Å². The lowest BCUT2D eigenvalue weighted by atomic mass is 10.2. The summed E-state index contributed by atoms with van der Waals surface area (Å²) in [4.78, 5) is 17.3. The molecule has 3 aromatic rings. The molecule has 9 heteroatoms. The highest BCUT2D eigenvalue weighted by atomic mass is 32.2. The van der Waals surface area contributed by atoms with Crippen LogP contribution in [0.1, 0.15) is 5.56 Å². The zero-order valence-corrected chi connectivity index (χ0v) is 17.6. The van der Waals surface area contributed by atoms with E-state index in [-0.39, 0.29) is 4.91 Å². The molecule has 0 unspecified atom stereocenters. The first-order valence-electron chi connectivity index (χ1n) is 8.45. The Kier molecular flexibility index (Phi) is 6.84. The quantitative estimate of drug-likeness (QED) is 0.401. The molecular formula is C20H19N3O4S2. The van der Waals surface area contributed by atoms with Crippen molar-refractivity contribution in [2.45, 2.75) is 10.1 Å². The number of aromatic amines is 1. The van der Waals surface area contributed by atoms with Crippen LogP contribution in [0.3, 0.4) is 0 Å². The van der Waals surface area contributed by atoms with Gasteiger partial charge in [0, 0.05) is 16.5 Å². The van der Waals surface area contributed by atoms with Crippen molar-refractivity contribution in [3.05, 3.63) is 52.9 Å². The summed E-state index contributed by atoms with van der Waals surface area (Å²) in [5.74, 6) is 0.673. The van der Waals surface area contributed by atoms with E-state index in [0.717, 1.165) is 22.2 Å². The number of methoxy groups -OCH3 is 2. The molecule has 7 nitrogen and oxygen atoms in total. The van der Waals surface area contributed by atoms with Gasteiger partial charge < -0.3 is 14.6 Å². The van der Waals surface area contributed by atoms with Gasteiger partial charge in [-0.1, -0.05) is 12.1 Å². The fourth-order valence-corrected chi connectivity index (χ4v) is 3.57. The smallest absolute Gasteiger partial charge is 0.342 e. The molecule has 0 radical (unpaired) electrons. The van der Waals surface area contributed by atoms with Crippen LogP contribution in [-0.2, 0) is 4.79 Å². The van der Waals surface area contributed by atoms with Crippen molar-refractivity contribution in [2.24, 2.45) is 0 Å². The number of aromatic nitrogens is 3. The number of carboxylic acids is 1. The second-order valence-electron chi connectivity index (χ2n) is 5.76. The number of benzene rings is 2. The van der Waals surface area contributed by atoms with Gasteiger partial charge >= 0.3 is 5.97 Å². The third-order valence-corrected chi connectivity index (χ3v) is 5.54. The standard InChI is InChI=1S/C20H19N3O4S2/c1-26-14-9-13(10-15(11-14)27-2)18-21-20(23-22-18)29-17(19(24)25)8-12-4-6-16(28-3)7-5-12/h4-11H,1-3H3,(H,24,25)(H,21,22,23)/b17-8-. The third kappa shape index (κ3) is 5.33. The van der Waals surface area contributed by atoms with Crippen molar-refractivity contribution in [1.82, 2.24) is 15.2 Å². The molecule has 150 valence electrons. The minimum atomic E-state index is -1.04. The minimum Gasteiger partial charge on any atom is -0.497 e. The van der Waals surface area contributed by atoms with Crippen LogP contribution in [0.4, 0.5) is 0 Å². The predicted octanol–water partition coefficient (Wildman–Crippen LogP) is 4.43. The monoisotopic (exact) mass is 429 g/mol. The second-order valence-corrected chi connectivity index (χ2v) is 7.65. The highest BCUT2D eigenvalue weighted by molar-refractivity contribution is 8.04. The number of aliphatic carboxylic acids is 1. The molecule has 0 saturated heterocycles. The summed E-state index contributed by atoms with van der Waals surface area (Å²) in [6.07, 6.45) is 3.59. The van der Waals surface area contributed by atoms with Crippen molar-refractivity contribution in [3.8, 4) is 22.9 Å². The first-order chi connectivity index (χ1) is 14.0. The van der Waals surface area contributed by atoms with Crippen LogP contribution < -0.4 is 9.47 Å². The Balaban J connectivity index is 1.85. The Morgan fingerprint density at radius 3 is 2.31 bits per heavy atom. The van der Waals surface area contributed by atoms with E-state index in [1.54, 1.807) is 50.3 Å². The van der Waals surface area contributed by atoms with Gasteiger partial charge in [0.1, 0.15) is 16.4 Å². The molecule has 0 atom stereocenters. The minimum absolute atomic E-state index is 0.121. The molecule has 1 heterocycles. The fourth-order valence-electron chi connectivity index (χ4n) is 2.45. The lowest BCUT2D eigenvalue weighted by molar-refractivity contribution is -0.131. The Morgan fingerprint density at radius 2 is 1.76 bits per heavy atom. The highest BCUT2D eigenvalue weighted by Crippen LogP contribution is 2.31. The van der Waals surface area contributed by atoms with Crippen molar-refractivity contribution in [2.75, 3.05) is 20.5 Å². The largest absolute Gasteiger partial charge is 0.497 e. The molecule has 0 bridgehead atoms. The van der Waals surface area contributed by atoms with Crippen LogP contribution in [0, 0.1) is 0 Å². The van der Waals surface area contributed by atoms with Gasteiger partial charge in [-0.2, -0.15) is 0 Å². The molecular weight excluding hydrogens is 410 g/mol. The lowest BCUT2D eigenvalue weighted by Crippen LogP contribution is -1.97. The van der Waals surface area contributed by atoms with Gasteiger partial charge in [-0.3, -0.25) is 5.10 Å². The molecule has 0 fully saturated rings. The fraction of sp³-hybridized carbons (Fsp3) is 0.150. The number of nitrogens with zero attached hydrogens (tertiary/aromatic N) is 2. The predicted molar refractivity (Wildman–Crippen MR) is 115 cm³/mol. The molecule has 0 amide bonds. The average Bonchev–Trinajstić information content (AvgIpc) is 3.22.